The van der Waals surface area contributed by atoms with Gasteiger partial charge in [-0.25, -0.2) is 4.39 Å². The van der Waals surface area contributed by atoms with Gasteiger partial charge < -0.3 is 10.4 Å². The van der Waals surface area contributed by atoms with Crippen LogP contribution < -0.4 is 5.32 Å². The van der Waals surface area contributed by atoms with Gasteiger partial charge in [-0.3, -0.25) is 4.79 Å². The van der Waals surface area contributed by atoms with E-state index in [2.05, 4.69) is 5.32 Å². The van der Waals surface area contributed by atoms with Crippen molar-refractivity contribution in [1.82, 2.24) is 5.32 Å². The maximum Gasteiger partial charge on any atom is 0.251 e. The number of fused-ring (bicyclic) bond motifs is 1. The first-order valence-corrected chi connectivity index (χ1v) is 8.03. The van der Waals surface area contributed by atoms with Crippen LogP contribution >= 0.6 is 11.8 Å². The molecule has 0 spiro atoms. The van der Waals surface area contributed by atoms with Gasteiger partial charge in [-0.05, 0) is 29.7 Å². The molecule has 3 nitrogen and oxygen atoms in total. The second-order valence-corrected chi connectivity index (χ2v) is 5.81. The smallest absolute Gasteiger partial charge is 0.251 e. The average molecular weight is 307 g/mol. The zero-order valence-electron chi connectivity index (χ0n) is 11.6. The Labute approximate surface area is 127 Å². The third kappa shape index (κ3) is 4.19. The third-order valence-electron chi connectivity index (χ3n) is 3.09. The Kier molecular flexibility index (Phi) is 6.02. The van der Waals surface area contributed by atoms with Crippen LogP contribution in [0.25, 0.3) is 10.8 Å². The number of hydrogen-bond acceptors (Lipinski definition) is 3. The van der Waals surface area contributed by atoms with Crippen LogP contribution in [0.15, 0.2) is 36.4 Å². The summed E-state index contributed by atoms with van der Waals surface area (Å²) < 4.78 is 13.7. The standard InChI is InChI=1S/C16H18FNO2S/c17-15-7-6-14(12-4-1-2-5-13(12)15)16(20)18-8-11-21-10-3-9-19/h1-2,4-7,19H,3,8-11H2,(H,18,20). The van der Waals surface area contributed by atoms with E-state index in [1.165, 1.54) is 12.1 Å². The van der Waals surface area contributed by atoms with Crippen molar-refractivity contribution in [1.29, 1.82) is 0 Å². The van der Waals surface area contributed by atoms with Crippen LogP contribution in [0.3, 0.4) is 0 Å². The Hall–Kier alpha value is -1.59. The highest BCUT2D eigenvalue weighted by atomic mass is 32.2. The summed E-state index contributed by atoms with van der Waals surface area (Å²) in [6.07, 6.45) is 0.765. The second kappa shape index (κ2) is 8.00. The SMILES string of the molecule is O=C(NCCSCCCO)c1ccc(F)c2ccccc12. The topological polar surface area (TPSA) is 49.3 Å². The molecule has 0 saturated heterocycles. The van der Waals surface area contributed by atoms with Crippen LogP contribution in [-0.4, -0.2) is 35.7 Å². The molecule has 21 heavy (non-hydrogen) atoms. The van der Waals surface area contributed by atoms with Crippen LogP contribution in [0.1, 0.15) is 16.8 Å². The van der Waals surface area contributed by atoms with Crippen LogP contribution in [0, 0.1) is 5.82 Å². The first-order chi connectivity index (χ1) is 10.2. The van der Waals surface area contributed by atoms with E-state index in [-0.39, 0.29) is 18.3 Å². The van der Waals surface area contributed by atoms with Crippen LogP contribution in [-0.2, 0) is 0 Å². The van der Waals surface area contributed by atoms with Gasteiger partial charge in [0.2, 0.25) is 0 Å². The maximum absolute atomic E-state index is 13.7. The Bertz CT molecular complexity index is 618. The lowest BCUT2D eigenvalue weighted by molar-refractivity contribution is 0.0958. The van der Waals surface area contributed by atoms with E-state index in [0.717, 1.165) is 17.9 Å². The molecule has 0 fully saturated rings. The number of nitrogens with one attached hydrogen (secondary N) is 1. The van der Waals surface area contributed by atoms with Crippen molar-refractivity contribution in [2.75, 3.05) is 24.7 Å². The average Bonchev–Trinajstić information content (AvgIpc) is 2.51. The number of carbonyl (C=O) groups excluding carboxylic acids is 1. The molecular formula is C16H18FNO2S. The molecule has 5 heteroatoms. The molecule has 0 saturated carbocycles. The van der Waals surface area contributed by atoms with E-state index >= 15 is 0 Å². The molecule has 0 aliphatic carbocycles. The summed E-state index contributed by atoms with van der Waals surface area (Å²) in [5.41, 5.74) is 0.493. The second-order valence-electron chi connectivity index (χ2n) is 4.59. The molecule has 1 amide bonds. The highest BCUT2D eigenvalue weighted by Gasteiger charge is 2.11. The fraction of sp³-hybridized carbons (Fsp3) is 0.312. The van der Waals surface area contributed by atoms with Gasteiger partial charge in [0.15, 0.2) is 0 Å². The fourth-order valence-corrected chi connectivity index (χ4v) is 2.84. The molecule has 2 N–H and O–H groups in total. The molecule has 0 aromatic heterocycles. The van der Waals surface area contributed by atoms with Crippen LogP contribution in [0.2, 0.25) is 0 Å². The van der Waals surface area contributed by atoms with E-state index in [1.807, 2.05) is 0 Å². The zero-order chi connectivity index (χ0) is 15.1. The monoisotopic (exact) mass is 307 g/mol. The fourth-order valence-electron chi connectivity index (χ4n) is 2.06. The number of halogens is 1. The number of carbonyl (C=O) groups is 1. The number of amides is 1. The van der Waals surface area contributed by atoms with Gasteiger partial charge in [-0.1, -0.05) is 24.3 Å². The lowest BCUT2D eigenvalue weighted by Crippen LogP contribution is -2.26. The Balaban J connectivity index is 1.98. The largest absolute Gasteiger partial charge is 0.396 e. The van der Waals surface area contributed by atoms with Gasteiger partial charge >= 0.3 is 0 Å². The summed E-state index contributed by atoms with van der Waals surface area (Å²) in [5, 5.41) is 12.6. The summed E-state index contributed by atoms with van der Waals surface area (Å²) in [4.78, 5) is 12.2. The van der Waals surface area contributed by atoms with Gasteiger partial charge in [0.25, 0.3) is 5.91 Å². The highest BCUT2D eigenvalue weighted by molar-refractivity contribution is 7.99. The number of aliphatic hydroxyl groups excluding tert-OH is 1. The van der Waals surface area contributed by atoms with E-state index in [0.29, 0.717) is 22.9 Å². The summed E-state index contributed by atoms with van der Waals surface area (Å²) >= 11 is 1.69. The first kappa shape index (κ1) is 15.8. The Morgan fingerprint density at radius 1 is 1.14 bits per heavy atom. The lowest BCUT2D eigenvalue weighted by Gasteiger charge is -2.08. The van der Waals surface area contributed by atoms with Gasteiger partial charge in [0.05, 0.1) is 0 Å². The maximum atomic E-state index is 13.7. The number of hydrogen-bond donors (Lipinski definition) is 2. The van der Waals surface area contributed by atoms with Crippen LogP contribution in [0.4, 0.5) is 4.39 Å². The molecule has 0 radical (unpaired) electrons. The highest BCUT2D eigenvalue weighted by Crippen LogP contribution is 2.21. The summed E-state index contributed by atoms with van der Waals surface area (Å²) in [5.74, 6) is 1.17. The zero-order valence-corrected chi connectivity index (χ0v) is 12.5. The normalized spacial score (nSPS) is 10.8. The predicted octanol–water partition coefficient (Wildman–Crippen LogP) is 2.82. The molecule has 0 bridgehead atoms. The number of aliphatic hydroxyl groups is 1. The number of rotatable bonds is 7. The quantitative estimate of drug-likeness (QED) is 0.773. The molecule has 0 aliphatic rings. The number of thioether (sulfide) groups is 1. The predicted molar refractivity (Wildman–Crippen MR) is 85.3 cm³/mol. The van der Waals surface area contributed by atoms with E-state index < -0.39 is 0 Å². The minimum Gasteiger partial charge on any atom is -0.396 e. The molecule has 2 rings (SSSR count). The van der Waals surface area contributed by atoms with Gasteiger partial charge in [-0.2, -0.15) is 11.8 Å². The molecule has 0 atom stereocenters. The first-order valence-electron chi connectivity index (χ1n) is 6.88. The number of benzene rings is 2. The van der Waals surface area contributed by atoms with E-state index in [1.54, 1.807) is 36.0 Å². The Morgan fingerprint density at radius 3 is 2.67 bits per heavy atom. The summed E-state index contributed by atoms with van der Waals surface area (Å²) in [6, 6.07) is 9.82. The van der Waals surface area contributed by atoms with E-state index in [4.69, 9.17) is 5.11 Å². The van der Waals surface area contributed by atoms with Crippen molar-refractivity contribution in [2.24, 2.45) is 0 Å². The van der Waals surface area contributed by atoms with E-state index in [9.17, 15) is 9.18 Å². The molecular weight excluding hydrogens is 289 g/mol. The van der Waals surface area contributed by atoms with Gasteiger partial charge in [-0.15, -0.1) is 0 Å². The minimum absolute atomic E-state index is 0.186. The minimum atomic E-state index is -0.318. The summed E-state index contributed by atoms with van der Waals surface area (Å²) in [6.45, 7) is 0.752. The molecule has 0 unspecified atom stereocenters. The van der Waals surface area contributed by atoms with Crippen molar-refractivity contribution < 1.29 is 14.3 Å². The van der Waals surface area contributed by atoms with Crippen molar-refractivity contribution in [2.45, 2.75) is 6.42 Å². The summed E-state index contributed by atoms with van der Waals surface area (Å²) in [7, 11) is 0. The van der Waals surface area contributed by atoms with Gasteiger partial charge in [0, 0.05) is 29.9 Å². The molecule has 112 valence electrons. The molecule has 0 heterocycles. The lowest BCUT2D eigenvalue weighted by atomic mass is 10.0. The Morgan fingerprint density at radius 2 is 1.90 bits per heavy atom. The van der Waals surface area contributed by atoms with Crippen molar-refractivity contribution in [3.05, 3.63) is 47.8 Å². The van der Waals surface area contributed by atoms with Crippen molar-refractivity contribution in [3.8, 4) is 0 Å². The van der Waals surface area contributed by atoms with Gasteiger partial charge in [0.1, 0.15) is 5.82 Å². The van der Waals surface area contributed by atoms with Crippen LogP contribution in [0.5, 0.6) is 0 Å². The van der Waals surface area contributed by atoms with Crippen molar-refractivity contribution in [3.63, 3.8) is 0 Å². The van der Waals surface area contributed by atoms with Crippen molar-refractivity contribution >= 4 is 28.4 Å². The molecule has 0 aliphatic heterocycles. The molecule has 2 aromatic carbocycles. The molecule has 2 aromatic rings. The third-order valence-corrected chi connectivity index (χ3v) is 4.16.